The third kappa shape index (κ3) is 4.55. The van der Waals surface area contributed by atoms with E-state index in [1.807, 2.05) is 24.3 Å². The lowest BCUT2D eigenvalue weighted by Gasteiger charge is -2.39. The summed E-state index contributed by atoms with van der Waals surface area (Å²) < 4.78 is 0. The second kappa shape index (κ2) is 8.98. The molecule has 2 heterocycles. The molecule has 0 spiro atoms. The van der Waals surface area contributed by atoms with E-state index in [0.29, 0.717) is 35.0 Å². The van der Waals surface area contributed by atoms with Gasteiger partial charge in [-0.1, -0.05) is 24.3 Å². The molecule has 2 fully saturated rings. The van der Waals surface area contributed by atoms with Crippen molar-refractivity contribution in [3.8, 4) is 0 Å². The molecule has 6 heteroatoms. The van der Waals surface area contributed by atoms with Gasteiger partial charge in [0.15, 0.2) is 0 Å². The zero-order chi connectivity index (χ0) is 21.1. The maximum absolute atomic E-state index is 11.0. The summed E-state index contributed by atoms with van der Waals surface area (Å²) >= 11 is 0. The highest BCUT2D eigenvalue weighted by molar-refractivity contribution is 5.88. The van der Waals surface area contributed by atoms with Gasteiger partial charge in [-0.05, 0) is 72.9 Å². The Labute approximate surface area is 176 Å². The van der Waals surface area contributed by atoms with Gasteiger partial charge >= 0.3 is 11.9 Å². The molecule has 4 unspecified atom stereocenters. The van der Waals surface area contributed by atoms with Gasteiger partial charge in [-0.25, -0.2) is 9.59 Å². The molecule has 2 aliphatic rings. The fourth-order valence-electron chi connectivity index (χ4n) is 4.81. The fourth-order valence-corrected chi connectivity index (χ4v) is 4.81. The molecule has 2 aliphatic heterocycles. The van der Waals surface area contributed by atoms with Crippen LogP contribution in [0.5, 0.6) is 0 Å². The van der Waals surface area contributed by atoms with Crippen molar-refractivity contribution < 1.29 is 19.8 Å². The lowest BCUT2D eigenvalue weighted by molar-refractivity contribution is 0.0686. The van der Waals surface area contributed by atoms with E-state index in [-0.39, 0.29) is 0 Å². The largest absolute Gasteiger partial charge is 0.478 e. The van der Waals surface area contributed by atoms with E-state index in [4.69, 9.17) is 10.2 Å². The van der Waals surface area contributed by atoms with Gasteiger partial charge < -0.3 is 20.8 Å². The first-order valence-corrected chi connectivity index (χ1v) is 10.6. The van der Waals surface area contributed by atoms with E-state index in [0.717, 1.165) is 38.8 Å². The molecular formula is C24H28N2O4. The van der Waals surface area contributed by atoms with Crippen LogP contribution < -0.4 is 10.6 Å². The van der Waals surface area contributed by atoms with Crippen LogP contribution in [0.2, 0.25) is 0 Å². The normalized spacial score (nSPS) is 26.8. The molecule has 0 aliphatic carbocycles. The van der Waals surface area contributed by atoms with Crippen LogP contribution >= 0.6 is 0 Å². The predicted octanol–water partition coefficient (Wildman–Crippen LogP) is 3.45. The van der Waals surface area contributed by atoms with Crippen molar-refractivity contribution in [3.05, 3.63) is 70.8 Å². The second-order valence-corrected chi connectivity index (χ2v) is 8.43. The minimum absolute atomic E-state index is 0.332. The third-order valence-electron chi connectivity index (χ3n) is 6.65. The molecule has 0 bridgehead atoms. The number of hydrogen-bond acceptors (Lipinski definition) is 4. The third-order valence-corrected chi connectivity index (χ3v) is 6.65. The van der Waals surface area contributed by atoms with Gasteiger partial charge in [0.25, 0.3) is 0 Å². The Morgan fingerprint density at radius 3 is 1.27 bits per heavy atom. The van der Waals surface area contributed by atoms with Gasteiger partial charge in [-0.15, -0.1) is 0 Å². The minimum Gasteiger partial charge on any atom is -0.478 e. The first kappa shape index (κ1) is 20.6. The summed E-state index contributed by atoms with van der Waals surface area (Å²) in [5, 5.41) is 25.5. The maximum Gasteiger partial charge on any atom is 0.335 e. The summed E-state index contributed by atoms with van der Waals surface area (Å²) in [5.41, 5.74) is 3.07. The first-order chi connectivity index (χ1) is 14.5. The van der Waals surface area contributed by atoms with Crippen LogP contribution in [0.4, 0.5) is 0 Å². The number of hydrogen-bond donors (Lipinski definition) is 4. The average molecular weight is 408 g/mol. The highest BCUT2D eigenvalue weighted by atomic mass is 16.4. The summed E-state index contributed by atoms with van der Waals surface area (Å²) in [7, 11) is 0. The number of piperidine rings is 2. The number of carboxylic acid groups (broad SMARTS) is 2. The topological polar surface area (TPSA) is 98.7 Å². The molecular weight excluding hydrogens is 380 g/mol. The van der Waals surface area contributed by atoms with Crippen LogP contribution in [0.1, 0.15) is 69.4 Å². The van der Waals surface area contributed by atoms with E-state index < -0.39 is 11.9 Å². The van der Waals surface area contributed by atoms with E-state index in [1.54, 1.807) is 24.3 Å². The predicted molar refractivity (Wildman–Crippen MR) is 114 cm³/mol. The molecule has 4 N–H and O–H groups in total. The number of aromatic carboxylic acids is 2. The zero-order valence-electron chi connectivity index (χ0n) is 16.9. The van der Waals surface area contributed by atoms with Gasteiger partial charge in [0, 0.05) is 25.2 Å². The van der Waals surface area contributed by atoms with Gasteiger partial charge in [0.05, 0.1) is 11.1 Å². The highest BCUT2D eigenvalue weighted by Gasteiger charge is 2.31. The number of carbonyl (C=O) groups is 2. The maximum atomic E-state index is 11.0. The Morgan fingerprint density at radius 2 is 1.00 bits per heavy atom. The van der Waals surface area contributed by atoms with Crippen molar-refractivity contribution in [1.82, 2.24) is 10.6 Å². The van der Waals surface area contributed by atoms with Crippen molar-refractivity contribution >= 4 is 11.9 Å². The van der Waals surface area contributed by atoms with Gasteiger partial charge in [0.1, 0.15) is 0 Å². The van der Waals surface area contributed by atoms with Crippen LogP contribution in [-0.2, 0) is 0 Å². The highest BCUT2D eigenvalue weighted by Crippen LogP contribution is 2.31. The Morgan fingerprint density at radius 1 is 0.633 bits per heavy atom. The number of rotatable bonds is 5. The first-order valence-electron chi connectivity index (χ1n) is 10.6. The molecule has 0 saturated carbocycles. The Bertz CT molecular complexity index is 803. The van der Waals surface area contributed by atoms with Crippen LogP contribution in [0.3, 0.4) is 0 Å². The van der Waals surface area contributed by atoms with E-state index in [2.05, 4.69) is 10.6 Å². The molecule has 0 amide bonds. The van der Waals surface area contributed by atoms with Crippen molar-refractivity contribution in [1.29, 1.82) is 0 Å². The Balaban J connectivity index is 1.27. The smallest absolute Gasteiger partial charge is 0.335 e. The summed E-state index contributed by atoms with van der Waals surface area (Å²) in [4.78, 5) is 22.0. The number of nitrogens with one attached hydrogen (secondary N) is 2. The minimum atomic E-state index is -0.886. The Hall–Kier alpha value is -2.70. The lowest BCUT2D eigenvalue weighted by Crippen LogP contribution is -2.54. The molecule has 6 nitrogen and oxygen atoms in total. The monoisotopic (exact) mass is 408 g/mol. The number of carboxylic acids is 2. The van der Waals surface area contributed by atoms with Crippen LogP contribution in [-0.4, -0.2) is 47.3 Å². The van der Waals surface area contributed by atoms with E-state index in [9.17, 15) is 9.59 Å². The summed E-state index contributed by atoms with van der Waals surface area (Å²) in [6.07, 6.45) is 4.40. The van der Waals surface area contributed by atoms with E-state index >= 15 is 0 Å². The molecule has 30 heavy (non-hydrogen) atoms. The molecule has 158 valence electrons. The van der Waals surface area contributed by atoms with E-state index in [1.165, 1.54) is 11.1 Å². The van der Waals surface area contributed by atoms with Gasteiger partial charge in [-0.2, -0.15) is 0 Å². The second-order valence-electron chi connectivity index (χ2n) is 8.43. The summed E-state index contributed by atoms with van der Waals surface area (Å²) in [5.74, 6) is -0.924. The van der Waals surface area contributed by atoms with Crippen LogP contribution in [0.25, 0.3) is 0 Å². The molecule has 2 aromatic rings. The standard InChI is InChI=1S/C24H28N2O4/c27-23(28)17-5-1-15(2-6-17)19-9-11-21(25-13-19)22-12-10-20(14-26-22)16-3-7-18(8-4-16)24(29)30/h1-8,19-22,25-26H,9-14H2,(H,27,28)(H,29,30). The number of benzene rings is 2. The molecule has 2 saturated heterocycles. The lowest BCUT2D eigenvalue weighted by atomic mass is 9.81. The van der Waals surface area contributed by atoms with Gasteiger partial charge in [0.2, 0.25) is 0 Å². The zero-order valence-corrected chi connectivity index (χ0v) is 16.9. The summed E-state index contributed by atoms with van der Waals surface area (Å²) in [6.45, 7) is 1.82. The van der Waals surface area contributed by atoms with Crippen LogP contribution in [0.15, 0.2) is 48.5 Å². The SMILES string of the molecule is O=C(O)c1ccc(C2CCC(C3CCC(c4ccc(C(=O)O)cc4)CN3)NC2)cc1. The fraction of sp³-hybridized carbons (Fsp3) is 0.417. The average Bonchev–Trinajstić information content (AvgIpc) is 2.79. The van der Waals surface area contributed by atoms with Crippen molar-refractivity contribution in [2.45, 2.75) is 49.6 Å². The van der Waals surface area contributed by atoms with Crippen molar-refractivity contribution in [3.63, 3.8) is 0 Å². The molecule has 0 radical (unpaired) electrons. The molecule has 2 aromatic carbocycles. The Kier molecular flexibility index (Phi) is 6.16. The molecule has 4 rings (SSSR count). The van der Waals surface area contributed by atoms with Crippen molar-refractivity contribution in [2.75, 3.05) is 13.1 Å². The summed E-state index contributed by atoms with van der Waals surface area (Å²) in [6, 6.07) is 15.4. The van der Waals surface area contributed by atoms with Crippen LogP contribution in [0, 0.1) is 0 Å². The van der Waals surface area contributed by atoms with Gasteiger partial charge in [-0.3, -0.25) is 0 Å². The van der Waals surface area contributed by atoms with Crippen molar-refractivity contribution in [2.24, 2.45) is 0 Å². The molecule has 0 aromatic heterocycles. The quantitative estimate of drug-likeness (QED) is 0.605. The molecule has 4 atom stereocenters.